The predicted octanol–water partition coefficient (Wildman–Crippen LogP) is 1.27. The molecule has 1 N–H and O–H groups in total. The summed E-state index contributed by atoms with van der Waals surface area (Å²) < 4.78 is 40.0. The van der Waals surface area contributed by atoms with E-state index in [0.29, 0.717) is 27.7 Å². The summed E-state index contributed by atoms with van der Waals surface area (Å²) in [6, 6.07) is 22.9. The summed E-state index contributed by atoms with van der Waals surface area (Å²) >= 11 is 0. The number of carbonyl (C=O) groups is 2. The Morgan fingerprint density at radius 2 is 1.37 bits per heavy atom. The normalized spacial score (nSPS) is 11.2. The van der Waals surface area contributed by atoms with Crippen LogP contribution in [0.3, 0.4) is 0 Å². The fourth-order valence-corrected chi connectivity index (χ4v) is 3.42. The number of rotatable bonds is 5. The van der Waals surface area contributed by atoms with Crippen LogP contribution < -0.4 is 18.6 Å². The van der Waals surface area contributed by atoms with Crippen LogP contribution in [0.4, 0.5) is 0 Å². The van der Waals surface area contributed by atoms with E-state index in [-0.39, 0.29) is 28.6 Å². The number of phenols is 1. The zero-order chi connectivity index (χ0) is 25.6. The molecule has 0 aliphatic rings. The Labute approximate surface area is 202 Å². The molecule has 35 heavy (non-hydrogen) atoms. The lowest BCUT2D eigenvalue weighted by molar-refractivity contribution is -2.00. The molecule has 8 nitrogen and oxygen atoms in total. The minimum atomic E-state index is -4.94. The molecule has 0 aliphatic heterocycles. The monoisotopic (exact) mass is 494 g/mol. The number of aromatic hydroxyl groups is 1. The molecule has 0 saturated heterocycles. The highest BCUT2D eigenvalue weighted by molar-refractivity contribution is 6.22. The summed E-state index contributed by atoms with van der Waals surface area (Å²) in [7, 11) is -4.94. The number of ketones is 2. The van der Waals surface area contributed by atoms with Crippen molar-refractivity contribution in [3.63, 3.8) is 0 Å². The van der Waals surface area contributed by atoms with E-state index in [1.807, 2.05) is 12.1 Å². The third kappa shape index (κ3) is 6.80. The van der Waals surface area contributed by atoms with E-state index < -0.39 is 10.2 Å². The van der Waals surface area contributed by atoms with Gasteiger partial charge in [-0.05, 0) is 25.1 Å². The second-order valence-electron chi connectivity index (χ2n) is 7.23. The summed E-state index contributed by atoms with van der Waals surface area (Å²) in [5.41, 5.74) is 2.10. The number of hydrogen-bond acceptors (Lipinski definition) is 7. The molecule has 1 heterocycles. The zero-order valence-electron chi connectivity index (χ0n) is 18.3. The van der Waals surface area contributed by atoms with Crippen LogP contribution in [-0.2, 0) is 0 Å². The van der Waals surface area contributed by atoms with Crippen molar-refractivity contribution in [2.45, 2.75) is 6.92 Å². The molecule has 0 radical (unpaired) electrons. The molecule has 0 saturated carbocycles. The molecular weight excluding hydrogens is 476 g/mol. The van der Waals surface area contributed by atoms with E-state index in [0.717, 1.165) is 0 Å². The van der Waals surface area contributed by atoms with E-state index in [1.165, 1.54) is 6.92 Å². The van der Waals surface area contributed by atoms with Gasteiger partial charge in [0.2, 0.25) is 0 Å². The Morgan fingerprint density at radius 1 is 0.800 bits per heavy atom. The van der Waals surface area contributed by atoms with Gasteiger partial charge in [-0.25, -0.2) is 23.1 Å². The van der Waals surface area contributed by atoms with Crippen molar-refractivity contribution >= 4 is 34.7 Å². The first-order valence-electron chi connectivity index (χ1n) is 10.1. The molecule has 0 bridgehead atoms. The van der Waals surface area contributed by atoms with E-state index in [9.17, 15) is 14.7 Å². The first-order chi connectivity index (χ1) is 16.6. The zero-order valence-corrected chi connectivity index (χ0v) is 19.1. The molecule has 1 aromatic heterocycles. The van der Waals surface area contributed by atoms with Crippen molar-refractivity contribution in [2.24, 2.45) is 0 Å². The minimum absolute atomic E-state index is 0.111. The Hall–Kier alpha value is -3.92. The number of para-hydroxylation sites is 2. The maximum atomic E-state index is 13.4. The molecular formula is C26H19ClO8. The maximum Gasteiger partial charge on any atom is 0.365 e. The van der Waals surface area contributed by atoms with E-state index in [4.69, 9.17) is 23.1 Å². The molecule has 0 spiro atoms. The molecule has 3 aromatic carbocycles. The predicted molar refractivity (Wildman–Crippen MR) is 118 cm³/mol. The third-order valence-corrected chi connectivity index (χ3v) is 4.84. The molecule has 9 heteroatoms. The molecule has 0 unspecified atom stereocenters. The van der Waals surface area contributed by atoms with Crippen molar-refractivity contribution in [1.82, 2.24) is 0 Å². The molecule has 0 aliphatic carbocycles. The fraction of sp³-hybridized carbons (Fsp3) is 0.0385. The van der Waals surface area contributed by atoms with Crippen LogP contribution in [0, 0.1) is 10.2 Å². The summed E-state index contributed by atoms with van der Waals surface area (Å²) in [4.78, 5) is 26.1. The SMILES string of the molecule is CC(=O)c1c(C=Cc2ccccc2O)[o+]c2ccccc2c1C(=O)c1ccccc1.[O-][Cl+3]([O-])([O-])[O-]. The number of Topliss-reactive ketones (excluding diaryl/α,β-unsaturated/α-hetero) is 1. The van der Waals surface area contributed by atoms with Gasteiger partial charge in [-0.1, -0.05) is 60.7 Å². The Bertz CT molecular complexity index is 1390. The number of carbonyl (C=O) groups excluding carboxylic acids is 2. The highest BCUT2D eigenvalue weighted by atomic mass is 35.7. The number of phenolic OH excluding ortho intramolecular Hbond substituents is 1. The second kappa shape index (κ2) is 11.0. The van der Waals surface area contributed by atoms with Gasteiger partial charge in [0.15, 0.2) is 11.6 Å². The van der Waals surface area contributed by atoms with Crippen LogP contribution in [-0.4, -0.2) is 16.7 Å². The molecule has 0 amide bonds. The van der Waals surface area contributed by atoms with Crippen LogP contribution in [0.25, 0.3) is 23.1 Å². The lowest BCUT2D eigenvalue weighted by Crippen LogP contribution is -2.68. The summed E-state index contributed by atoms with van der Waals surface area (Å²) in [5.74, 6) is -0.144. The van der Waals surface area contributed by atoms with Crippen molar-refractivity contribution in [3.8, 4) is 5.75 Å². The van der Waals surface area contributed by atoms with E-state index in [1.54, 1.807) is 78.9 Å². The summed E-state index contributed by atoms with van der Waals surface area (Å²) in [5, 5.41) is 10.6. The van der Waals surface area contributed by atoms with Gasteiger partial charge >= 0.3 is 11.3 Å². The quantitative estimate of drug-likeness (QED) is 0.321. The van der Waals surface area contributed by atoms with Gasteiger partial charge in [0, 0.05) is 23.3 Å². The van der Waals surface area contributed by atoms with Crippen molar-refractivity contribution in [3.05, 3.63) is 107 Å². The largest absolute Gasteiger partial charge is 0.507 e. The Balaban J connectivity index is 0.000000623. The Morgan fingerprint density at radius 3 is 2.00 bits per heavy atom. The molecule has 178 valence electrons. The average molecular weight is 495 g/mol. The van der Waals surface area contributed by atoms with Crippen molar-refractivity contribution in [1.29, 1.82) is 0 Å². The van der Waals surface area contributed by atoms with E-state index >= 15 is 0 Å². The number of fused-ring (bicyclic) bond motifs is 1. The van der Waals surface area contributed by atoms with Gasteiger partial charge in [-0.15, -0.1) is 10.2 Å². The van der Waals surface area contributed by atoms with E-state index in [2.05, 4.69) is 0 Å². The number of halogens is 1. The average Bonchev–Trinajstić information content (AvgIpc) is 2.81. The van der Waals surface area contributed by atoms with Crippen molar-refractivity contribution in [2.75, 3.05) is 0 Å². The standard InChI is InChI=1S/C26H18O4.ClHO4/c1-17(27)24-23(16-15-18-9-5-7-13-21(18)28)30-22-14-8-6-12-20(22)25(24)26(29)19-10-3-2-4-11-19;2-1(3,4)5/h2-16H,1H3;(H,2,3,4,5). The molecule has 4 rings (SSSR count). The van der Waals surface area contributed by atoms with Gasteiger partial charge < -0.3 is 5.11 Å². The van der Waals surface area contributed by atoms with Gasteiger partial charge in [-0.2, -0.15) is 0 Å². The lowest BCUT2D eigenvalue weighted by Gasteiger charge is -2.17. The highest BCUT2D eigenvalue weighted by Gasteiger charge is 2.30. The van der Waals surface area contributed by atoms with Gasteiger partial charge in [-0.3, -0.25) is 9.59 Å². The molecule has 0 fully saturated rings. The minimum Gasteiger partial charge on any atom is -0.507 e. The van der Waals surface area contributed by atoms with Gasteiger partial charge in [0.1, 0.15) is 11.3 Å². The number of hydrogen-bond donors (Lipinski definition) is 1. The van der Waals surface area contributed by atoms with Crippen LogP contribution in [0.5, 0.6) is 5.75 Å². The smallest absolute Gasteiger partial charge is 0.365 e. The maximum absolute atomic E-state index is 13.4. The summed E-state index contributed by atoms with van der Waals surface area (Å²) in [6.45, 7) is 1.42. The Kier molecular flexibility index (Phi) is 8.08. The highest BCUT2D eigenvalue weighted by Crippen LogP contribution is 2.30. The summed E-state index contributed by atoms with van der Waals surface area (Å²) in [6.07, 6.45) is 3.27. The first-order valence-corrected chi connectivity index (χ1v) is 11.4. The van der Waals surface area contributed by atoms with Crippen LogP contribution in [0.1, 0.15) is 44.5 Å². The van der Waals surface area contributed by atoms with Gasteiger partial charge in [0.05, 0.1) is 10.9 Å². The van der Waals surface area contributed by atoms with Crippen LogP contribution >= 0.6 is 0 Å². The first kappa shape index (κ1) is 25.7. The van der Waals surface area contributed by atoms with Gasteiger partial charge in [0.25, 0.3) is 0 Å². The number of benzene rings is 3. The van der Waals surface area contributed by atoms with Crippen LogP contribution in [0.15, 0.2) is 83.3 Å². The van der Waals surface area contributed by atoms with Crippen LogP contribution in [0.2, 0.25) is 0 Å². The molecule has 0 atom stereocenters. The fourth-order valence-electron chi connectivity index (χ4n) is 3.42. The third-order valence-electron chi connectivity index (χ3n) is 4.84. The lowest BCUT2D eigenvalue weighted by atomic mass is 9.92. The second-order valence-corrected chi connectivity index (χ2v) is 7.99. The topological polar surface area (TPSA) is 158 Å². The van der Waals surface area contributed by atoms with Crippen molar-refractivity contribution < 1.29 is 48.0 Å². The molecule has 4 aromatic rings.